The van der Waals surface area contributed by atoms with Crippen LogP contribution >= 0.6 is 0 Å². The van der Waals surface area contributed by atoms with Gasteiger partial charge in [-0.25, -0.2) is 0 Å². The van der Waals surface area contributed by atoms with E-state index < -0.39 is 0 Å². The van der Waals surface area contributed by atoms with E-state index in [2.05, 4.69) is 37.6 Å². The molecule has 0 atom stereocenters. The van der Waals surface area contributed by atoms with Crippen LogP contribution in [0, 0.1) is 17.3 Å². The van der Waals surface area contributed by atoms with Crippen LogP contribution in [-0.2, 0) is 0 Å². The van der Waals surface area contributed by atoms with Crippen molar-refractivity contribution in [2.75, 3.05) is 0 Å². The first-order valence-electron chi connectivity index (χ1n) is 8.47. The van der Waals surface area contributed by atoms with Crippen molar-refractivity contribution in [1.82, 2.24) is 4.98 Å². The number of hydrogen-bond acceptors (Lipinski definition) is 1. The fraction of sp³-hybridized carbons (Fsp3) is 0.650. The molecule has 0 fully saturated rings. The smallest absolute Gasteiger partial charge is 0.0280 e. The fourth-order valence-corrected chi connectivity index (χ4v) is 2.35. The number of unbranched alkanes of at least 4 members (excludes halogenated alkanes) is 7. The summed E-state index contributed by atoms with van der Waals surface area (Å²) in [4.78, 5) is 3.99. The van der Waals surface area contributed by atoms with Crippen LogP contribution in [0.4, 0.5) is 0 Å². The summed E-state index contributed by atoms with van der Waals surface area (Å²) in [5.74, 6) is 6.44. The molecular weight excluding hydrogens is 254 g/mol. The van der Waals surface area contributed by atoms with Crippen molar-refractivity contribution in [3.8, 4) is 11.8 Å². The van der Waals surface area contributed by atoms with Gasteiger partial charge in [0, 0.05) is 24.4 Å². The molecule has 0 N–H and O–H groups in total. The summed E-state index contributed by atoms with van der Waals surface area (Å²) >= 11 is 0. The molecule has 1 heteroatoms. The minimum Gasteiger partial charge on any atom is -0.265 e. The second kappa shape index (κ2) is 10.4. The molecule has 0 bridgehead atoms. The predicted molar refractivity (Wildman–Crippen MR) is 92.1 cm³/mol. The van der Waals surface area contributed by atoms with Gasteiger partial charge in [-0.15, -0.1) is 0 Å². The summed E-state index contributed by atoms with van der Waals surface area (Å²) in [6.45, 7) is 7.00. The molecule has 0 saturated heterocycles. The monoisotopic (exact) mass is 285 g/mol. The lowest BCUT2D eigenvalue weighted by Crippen LogP contribution is -2.03. The van der Waals surface area contributed by atoms with Gasteiger partial charge in [0.1, 0.15) is 0 Å². The van der Waals surface area contributed by atoms with E-state index in [-0.39, 0.29) is 0 Å². The van der Waals surface area contributed by atoms with Gasteiger partial charge in [-0.05, 0) is 30.4 Å². The molecule has 0 aliphatic rings. The van der Waals surface area contributed by atoms with Crippen LogP contribution in [0.3, 0.4) is 0 Å². The summed E-state index contributed by atoms with van der Waals surface area (Å²) in [6, 6.07) is 3.93. The number of aromatic nitrogens is 1. The maximum atomic E-state index is 3.99. The third kappa shape index (κ3) is 11.1. The zero-order valence-corrected chi connectivity index (χ0v) is 14.1. The fourth-order valence-electron chi connectivity index (χ4n) is 2.35. The van der Waals surface area contributed by atoms with Crippen LogP contribution in [-0.4, -0.2) is 4.98 Å². The van der Waals surface area contributed by atoms with Gasteiger partial charge in [0.25, 0.3) is 0 Å². The average Bonchev–Trinajstić information content (AvgIpc) is 2.44. The minimum absolute atomic E-state index is 0.507. The molecule has 0 amide bonds. The number of hydrogen-bond donors (Lipinski definition) is 0. The largest absolute Gasteiger partial charge is 0.265 e. The molecule has 0 radical (unpaired) electrons. The number of rotatable bonds is 8. The van der Waals surface area contributed by atoms with Gasteiger partial charge < -0.3 is 0 Å². The Balaban J connectivity index is 1.90. The second-order valence-electron chi connectivity index (χ2n) is 7.07. The molecule has 0 spiro atoms. The number of nitrogens with zero attached hydrogens (tertiary/aromatic N) is 1. The van der Waals surface area contributed by atoms with Gasteiger partial charge in [0.15, 0.2) is 0 Å². The molecule has 0 aliphatic carbocycles. The molecule has 21 heavy (non-hydrogen) atoms. The Morgan fingerprint density at radius 1 is 0.857 bits per heavy atom. The Bertz CT molecular complexity index is 417. The van der Waals surface area contributed by atoms with Crippen LogP contribution in [0.2, 0.25) is 0 Å². The molecule has 1 aromatic rings. The van der Waals surface area contributed by atoms with E-state index in [0.717, 1.165) is 12.0 Å². The molecular formula is C20H31N. The van der Waals surface area contributed by atoms with Crippen molar-refractivity contribution in [3.05, 3.63) is 30.1 Å². The lowest BCUT2D eigenvalue weighted by molar-refractivity contribution is 0.356. The molecule has 1 rings (SSSR count). The van der Waals surface area contributed by atoms with Crippen molar-refractivity contribution >= 4 is 0 Å². The van der Waals surface area contributed by atoms with Crippen LogP contribution < -0.4 is 0 Å². The van der Waals surface area contributed by atoms with Crippen molar-refractivity contribution in [1.29, 1.82) is 0 Å². The molecule has 0 aliphatic heterocycles. The highest BCUT2D eigenvalue weighted by Gasteiger charge is 2.08. The third-order valence-electron chi connectivity index (χ3n) is 3.64. The highest BCUT2D eigenvalue weighted by Crippen LogP contribution is 2.22. The Hall–Kier alpha value is -1.29. The topological polar surface area (TPSA) is 12.9 Å². The summed E-state index contributed by atoms with van der Waals surface area (Å²) < 4.78 is 0. The zero-order valence-electron chi connectivity index (χ0n) is 14.1. The van der Waals surface area contributed by atoms with E-state index in [4.69, 9.17) is 0 Å². The summed E-state index contributed by atoms with van der Waals surface area (Å²) in [5, 5.41) is 0. The Labute approximate surface area is 131 Å². The van der Waals surface area contributed by atoms with E-state index >= 15 is 0 Å². The zero-order chi connectivity index (χ0) is 15.4. The Kier molecular flexibility index (Phi) is 8.83. The molecule has 0 aromatic carbocycles. The lowest BCUT2D eigenvalue weighted by Gasteiger charge is -2.17. The normalized spacial score (nSPS) is 11.0. The highest BCUT2D eigenvalue weighted by molar-refractivity contribution is 5.31. The standard InChI is InChI=1S/C20H31N/c1-20(2,3)16-12-10-8-6-4-5-7-9-11-13-19-14-17-21-18-15-19/h14-15,17-18H,4-10,12,16H2,1-3H3. The van der Waals surface area contributed by atoms with E-state index in [1.165, 1.54) is 51.4 Å². The van der Waals surface area contributed by atoms with Crippen molar-refractivity contribution in [2.24, 2.45) is 5.41 Å². The van der Waals surface area contributed by atoms with E-state index in [0.29, 0.717) is 5.41 Å². The summed E-state index contributed by atoms with van der Waals surface area (Å²) in [7, 11) is 0. The average molecular weight is 285 g/mol. The minimum atomic E-state index is 0.507. The highest BCUT2D eigenvalue weighted by atomic mass is 14.6. The van der Waals surface area contributed by atoms with E-state index in [9.17, 15) is 0 Å². The van der Waals surface area contributed by atoms with Crippen molar-refractivity contribution in [3.63, 3.8) is 0 Å². The molecule has 0 saturated carbocycles. The maximum absolute atomic E-state index is 3.99. The third-order valence-corrected chi connectivity index (χ3v) is 3.64. The molecule has 1 nitrogen and oxygen atoms in total. The predicted octanol–water partition coefficient (Wildman–Crippen LogP) is 5.99. The molecule has 1 aromatic heterocycles. The van der Waals surface area contributed by atoms with Gasteiger partial charge in [0.05, 0.1) is 0 Å². The van der Waals surface area contributed by atoms with E-state index in [1.807, 2.05) is 12.1 Å². The van der Waals surface area contributed by atoms with Crippen LogP contribution in [0.1, 0.15) is 84.1 Å². The van der Waals surface area contributed by atoms with Gasteiger partial charge in [-0.3, -0.25) is 4.98 Å². The van der Waals surface area contributed by atoms with Gasteiger partial charge in [0.2, 0.25) is 0 Å². The van der Waals surface area contributed by atoms with Crippen LogP contribution in [0.15, 0.2) is 24.5 Å². The van der Waals surface area contributed by atoms with Crippen molar-refractivity contribution in [2.45, 2.75) is 78.6 Å². The Morgan fingerprint density at radius 3 is 2.05 bits per heavy atom. The second-order valence-corrected chi connectivity index (χ2v) is 7.07. The SMILES string of the molecule is CC(C)(C)CCCCCCCCCC#Cc1ccncc1. The summed E-state index contributed by atoms with van der Waals surface area (Å²) in [5.41, 5.74) is 1.58. The van der Waals surface area contributed by atoms with E-state index in [1.54, 1.807) is 12.4 Å². The first-order valence-corrected chi connectivity index (χ1v) is 8.47. The maximum Gasteiger partial charge on any atom is 0.0280 e. The van der Waals surface area contributed by atoms with Crippen LogP contribution in [0.5, 0.6) is 0 Å². The first kappa shape index (κ1) is 17.8. The summed E-state index contributed by atoms with van der Waals surface area (Å²) in [6.07, 6.45) is 15.5. The molecule has 0 unspecified atom stereocenters. The van der Waals surface area contributed by atoms with Crippen LogP contribution in [0.25, 0.3) is 0 Å². The Morgan fingerprint density at radius 2 is 1.43 bits per heavy atom. The molecule has 1 heterocycles. The number of pyridine rings is 1. The van der Waals surface area contributed by atoms with Gasteiger partial charge in [-0.1, -0.05) is 71.1 Å². The lowest BCUT2D eigenvalue weighted by atomic mass is 9.89. The quantitative estimate of drug-likeness (QED) is 0.422. The molecule has 116 valence electrons. The first-order chi connectivity index (χ1) is 10.1. The van der Waals surface area contributed by atoms with Crippen molar-refractivity contribution < 1.29 is 0 Å². The van der Waals surface area contributed by atoms with Gasteiger partial charge >= 0.3 is 0 Å². The van der Waals surface area contributed by atoms with Gasteiger partial charge in [-0.2, -0.15) is 0 Å².